The summed E-state index contributed by atoms with van der Waals surface area (Å²) in [6.07, 6.45) is 5.22. The average Bonchev–Trinajstić information content (AvgIpc) is 3.14. The van der Waals surface area contributed by atoms with Crippen molar-refractivity contribution < 1.29 is 14.3 Å². The van der Waals surface area contributed by atoms with Crippen LogP contribution in [0.5, 0.6) is 5.75 Å². The van der Waals surface area contributed by atoms with Gasteiger partial charge in [0.1, 0.15) is 5.75 Å². The van der Waals surface area contributed by atoms with Gasteiger partial charge in [0.25, 0.3) is 5.91 Å². The van der Waals surface area contributed by atoms with E-state index in [9.17, 15) is 9.59 Å². The minimum atomic E-state index is -0.176. The Morgan fingerprint density at radius 2 is 1.93 bits per heavy atom. The Kier molecular flexibility index (Phi) is 7.10. The zero-order valence-electron chi connectivity index (χ0n) is 17.1. The smallest absolute Gasteiger partial charge is 0.315 e. The summed E-state index contributed by atoms with van der Waals surface area (Å²) in [6, 6.07) is 7.13. The molecule has 1 aromatic heterocycles. The van der Waals surface area contributed by atoms with Crippen LogP contribution in [0.25, 0.3) is 0 Å². The van der Waals surface area contributed by atoms with Crippen LogP contribution >= 0.6 is 0 Å². The molecule has 1 saturated heterocycles. The summed E-state index contributed by atoms with van der Waals surface area (Å²) in [5, 5.41) is 10.0. The van der Waals surface area contributed by atoms with E-state index in [1.54, 1.807) is 23.0 Å². The number of hydrogen-bond acceptors (Lipinski definition) is 4. The number of amides is 3. The topological polar surface area (TPSA) is 88.5 Å². The molecule has 0 unspecified atom stereocenters. The summed E-state index contributed by atoms with van der Waals surface area (Å²) in [5.74, 6) is 0.783. The van der Waals surface area contributed by atoms with Crippen LogP contribution in [0.3, 0.4) is 0 Å². The van der Waals surface area contributed by atoms with E-state index in [0.717, 1.165) is 24.2 Å². The van der Waals surface area contributed by atoms with Crippen molar-refractivity contribution in [2.45, 2.75) is 39.3 Å². The maximum absolute atomic E-state index is 12.7. The first-order valence-electron chi connectivity index (χ1n) is 10.1. The zero-order chi connectivity index (χ0) is 20.6. The highest BCUT2D eigenvalue weighted by Crippen LogP contribution is 2.17. The van der Waals surface area contributed by atoms with Gasteiger partial charge in [-0.3, -0.25) is 9.48 Å². The largest absolute Gasteiger partial charge is 0.494 e. The number of piperidine rings is 1. The van der Waals surface area contributed by atoms with Gasteiger partial charge in [-0.25, -0.2) is 4.79 Å². The molecule has 0 spiro atoms. The number of aryl methyl sites for hydroxylation is 1. The Balaban J connectivity index is 1.38. The SMILES string of the molecule is CCOc1ccc(C(=O)N2CCC(NC(=O)NCCn3cc(C)cn3)CC2)cc1. The fraction of sp³-hybridized carbons (Fsp3) is 0.476. The van der Waals surface area contributed by atoms with Crippen molar-refractivity contribution in [1.82, 2.24) is 25.3 Å². The number of aromatic nitrogens is 2. The molecule has 8 heteroatoms. The van der Waals surface area contributed by atoms with Crippen molar-refractivity contribution in [3.8, 4) is 5.75 Å². The van der Waals surface area contributed by atoms with Gasteiger partial charge in [0, 0.05) is 37.4 Å². The van der Waals surface area contributed by atoms with E-state index in [1.165, 1.54) is 0 Å². The Bertz CT molecular complexity index is 810. The van der Waals surface area contributed by atoms with Crippen molar-refractivity contribution >= 4 is 11.9 Å². The van der Waals surface area contributed by atoms with E-state index < -0.39 is 0 Å². The third kappa shape index (κ3) is 5.97. The molecule has 2 N–H and O–H groups in total. The van der Waals surface area contributed by atoms with Crippen LogP contribution in [0.15, 0.2) is 36.7 Å². The number of carbonyl (C=O) groups excluding carboxylic acids is 2. The van der Waals surface area contributed by atoms with Crippen LogP contribution in [-0.2, 0) is 6.54 Å². The molecular formula is C21H29N5O3. The fourth-order valence-corrected chi connectivity index (χ4v) is 3.38. The van der Waals surface area contributed by atoms with E-state index in [2.05, 4.69) is 15.7 Å². The monoisotopic (exact) mass is 399 g/mol. The van der Waals surface area contributed by atoms with Gasteiger partial charge in [0.05, 0.1) is 19.3 Å². The van der Waals surface area contributed by atoms with Crippen LogP contribution in [-0.4, -0.2) is 58.9 Å². The average molecular weight is 399 g/mol. The van der Waals surface area contributed by atoms with Gasteiger partial charge in [-0.2, -0.15) is 5.10 Å². The normalized spacial score (nSPS) is 14.5. The number of carbonyl (C=O) groups is 2. The predicted octanol–water partition coefficient (Wildman–Crippen LogP) is 2.19. The molecule has 3 rings (SSSR count). The zero-order valence-corrected chi connectivity index (χ0v) is 17.1. The second kappa shape index (κ2) is 9.95. The van der Waals surface area contributed by atoms with Crippen molar-refractivity contribution in [3.63, 3.8) is 0 Å². The van der Waals surface area contributed by atoms with Crippen molar-refractivity contribution in [3.05, 3.63) is 47.8 Å². The highest BCUT2D eigenvalue weighted by Gasteiger charge is 2.24. The molecular weight excluding hydrogens is 370 g/mol. The number of rotatable bonds is 7. The number of urea groups is 1. The molecule has 1 aromatic carbocycles. The lowest BCUT2D eigenvalue weighted by Crippen LogP contribution is -2.49. The molecule has 3 amide bonds. The molecule has 1 aliphatic rings. The van der Waals surface area contributed by atoms with E-state index in [4.69, 9.17) is 4.74 Å². The summed E-state index contributed by atoms with van der Waals surface area (Å²) in [4.78, 5) is 26.6. The highest BCUT2D eigenvalue weighted by atomic mass is 16.5. The van der Waals surface area contributed by atoms with E-state index in [1.807, 2.05) is 37.1 Å². The van der Waals surface area contributed by atoms with Crippen molar-refractivity contribution in [1.29, 1.82) is 0 Å². The number of nitrogens with zero attached hydrogens (tertiary/aromatic N) is 3. The van der Waals surface area contributed by atoms with E-state index >= 15 is 0 Å². The predicted molar refractivity (Wildman–Crippen MR) is 110 cm³/mol. The minimum absolute atomic E-state index is 0.0190. The van der Waals surface area contributed by atoms with Gasteiger partial charge in [0.2, 0.25) is 0 Å². The maximum atomic E-state index is 12.7. The molecule has 1 aliphatic heterocycles. The second-order valence-electron chi connectivity index (χ2n) is 7.20. The molecule has 0 bridgehead atoms. The number of benzene rings is 1. The lowest BCUT2D eigenvalue weighted by molar-refractivity contribution is 0.0708. The fourth-order valence-electron chi connectivity index (χ4n) is 3.38. The summed E-state index contributed by atoms with van der Waals surface area (Å²) in [7, 11) is 0. The minimum Gasteiger partial charge on any atom is -0.494 e. The number of ether oxygens (including phenoxy) is 1. The Labute approximate surface area is 171 Å². The van der Waals surface area contributed by atoms with Crippen LogP contribution in [0, 0.1) is 6.92 Å². The molecule has 2 heterocycles. The van der Waals surface area contributed by atoms with Gasteiger partial charge in [-0.1, -0.05) is 0 Å². The van der Waals surface area contributed by atoms with Crippen molar-refractivity contribution in [2.75, 3.05) is 26.2 Å². The molecule has 29 heavy (non-hydrogen) atoms. The molecule has 2 aromatic rings. The van der Waals surface area contributed by atoms with Crippen LogP contribution in [0.2, 0.25) is 0 Å². The van der Waals surface area contributed by atoms with Crippen LogP contribution in [0.1, 0.15) is 35.7 Å². The quantitative estimate of drug-likeness (QED) is 0.747. The van der Waals surface area contributed by atoms with Gasteiger partial charge < -0.3 is 20.3 Å². The first kappa shape index (κ1) is 20.7. The lowest BCUT2D eigenvalue weighted by atomic mass is 10.0. The molecule has 156 valence electrons. The van der Waals surface area contributed by atoms with E-state index in [0.29, 0.717) is 38.3 Å². The first-order valence-corrected chi connectivity index (χ1v) is 10.1. The Morgan fingerprint density at radius 1 is 1.21 bits per heavy atom. The van der Waals surface area contributed by atoms with Gasteiger partial charge in [0.15, 0.2) is 0 Å². The standard InChI is InChI=1S/C21H29N5O3/c1-3-29-19-6-4-17(5-7-19)20(27)25-11-8-18(9-12-25)24-21(28)22-10-13-26-15-16(2)14-23-26/h4-7,14-15,18H,3,8-13H2,1-2H3,(H2,22,24,28). The van der Waals surface area contributed by atoms with Gasteiger partial charge >= 0.3 is 6.03 Å². The Hall–Kier alpha value is -3.03. The van der Waals surface area contributed by atoms with Crippen LogP contribution in [0.4, 0.5) is 4.79 Å². The molecule has 0 aliphatic carbocycles. The van der Waals surface area contributed by atoms with E-state index in [-0.39, 0.29) is 18.0 Å². The molecule has 0 radical (unpaired) electrons. The number of likely N-dealkylation sites (tertiary alicyclic amines) is 1. The number of nitrogens with one attached hydrogen (secondary N) is 2. The summed E-state index contributed by atoms with van der Waals surface area (Å²) in [5.41, 5.74) is 1.76. The Morgan fingerprint density at radius 3 is 2.55 bits per heavy atom. The first-order chi connectivity index (χ1) is 14.0. The summed E-state index contributed by atoms with van der Waals surface area (Å²) in [6.45, 7) is 6.92. The molecule has 0 saturated carbocycles. The van der Waals surface area contributed by atoms with Crippen LogP contribution < -0.4 is 15.4 Å². The third-order valence-electron chi connectivity index (χ3n) is 4.92. The van der Waals surface area contributed by atoms with Gasteiger partial charge in [-0.05, 0) is 56.5 Å². The summed E-state index contributed by atoms with van der Waals surface area (Å²) >= 11 is 0. The third-order valence-corrected chi connectivity index (χ3v) is 4.92. The van der Waals surface area contributed by atoms with Gasteiger partial charge in [-0.15, -0.1) is 0 Å². The lowest BCUT2D eigenvalue weighted by Gasteiger charge is -2.32. The molecule has 8 nitrogen and oxygen atoms in total. The maximum Gasteiger partial charge on any atom is 0.315 e. The highest BCUT2D eigenvalue weighted by molar-refractivity contribution is 5.94. The second-order valence-corrected chi connectivity index (χ2v) is 7.20. The molecule has 0 atom stereocenters. The molecule has 1 fully saturated rings. The van der Waals surface area contributed by atoms with Crippen molar-refractivity contribution in [2.24, 2.45) is 0 Å². The summed E-state index contributed by atoms with van der Waals surface area (Å²) < 4.78 is 7.22. The number of hydrogen-bond donors (Lipinski definition) is 2.